The van der Waals surface area contributed by atoms with Crippen molar-refractivity contribution in [1.82, 2.24) is 4.90 Å². The lowest BCUT2D eigenvalue weighted by Gasteiger charge is -2.22. The molecule has 1 heterocycles. The molecular formula is C22H22FNO3. The number of furan rings is 1. The molecule has 1 amide bonds. The van der Waals surface area contributed by atoms with Gasteiger partial charge in [-0.25, -0.2) is 4.39 Å². The summed E-state index contributed by atoms with van der Waals surface area (Å²) in [6, 6.07) is 15.5. The Balaban J connectivity index is 1.72. The summed E-state index contributed by atoms with van der Waals surface area (Å²) >= 11 is 0. The molecule has 2 aromatic carbocycles. The minimum absolute atomic E-state index is 0.0969. The van der Waals surface area contributed by atoms with Crippen molar-refractivity contribution in [2.75, 3.05) is 6.61 Å². The minimum atomic E-state index is -0.329. The number of rotatable bonds is 7. The molecule has 1 aromatic heterocycles. The first-order valence-electron chi connectivity index (χ1n) is 8.76. The van der Waals surface area contributed by atoms with Gasteiger partial charge >= 0.3 is 0 Å². The van der Waals surface area contributed by atoms with Crippen molar-refractivity contribution in [2.45, 2.75) is 26.9 Å². The van der Waals surface area contributed by atoms with Crippen LogP contribution in [0.3, 0.4) is 0 Å². The van der Waals surface area contributed by atoms with Crippen LogP contribution in [-0.4, -0.2) is 17.4 Å². The average molecular weight is 367 g/mol. The van der Waals surface area contributed by atoms with Crippen LogP contribution in [0.25, 0.3) is 0 Å². The van der Waals surface area contributed by atoms with Crippen LogP contribution in [0.4, 0.5) is 4.39 Å². The number of benzene rings is 2. The van der Waals surface area contributed by atoms with Gasteiger partial charge in [0.1, 0.15) is 17.3 Å². The highest BCUT2D eigenvalue weighted by Gasteiger charge is 2.17. The summed E-state index contributed by atoms with van der Waals surface area (Å²) in [4.78, 5) is 14.4. The summed E-state index contributed by atoms with van der Waals surface area (Å²) in [7, 11) is 0. The van der Waals surface area contributed by atoms with E-state index in [0.717, 1.165) is 11.1 Å². The zero-order valence-electron chi connectivity index (χ0n) is 15.4. The zero-order chi connectivity index (χ0) is 19.2. The van der Waals surface area contributed by atoms with E-state index in [1.54, 1.807) is 35.4 Å². The molecule has 0 aliphatic heterocycles. The van der Waals surface area contributed by atoms with Crippen LogP contribution >= 0.6 is 0 Å². The highest BCUT2D eigenvalue weighted by atomic mass is 19.1. The number of carbonyl (C=O) groups is 1. The normalized spacial score (nSPS) is 10.6. The van der Waals surface area contributed by atoms with Gasteiger partial charge in [-0.3, -0.25) is 4.79 Å². The molecule has 140 valence electrons. The molecule has 3 aromatic rings. The third kappa shape index (κ3) is 4.97. The van der Waals surface area contributed by atoms with Crippen molar-refractivity contribution in [3.63, 3.8) is 0 Å². The van der Waals surface area contributed by atoms with Gasteiger partial charge in [0.2, 0.25) is 0 Å². The number of nitrogens with zero attached hydrogens (tertiary/aromatic N) is 1. The number of ether oxygens (including phenoxy) is 1. The van der Waals surface area contributed by atoms with Gasteiger partial charge in [0.15, 0.2) is 6.61 Å². The first kappa shape index (κ1) is 18.7. The van der Waals surface area contributed by atoms with Gasteiger partial charge < -0.3 is 14.1 Å². The van der Waals surface area contributed by atoms with Gasteiger partial charge in [-0.2, -0.15) is 0 Å². The Morgan fingerprint density at radius 3 is 2.63 bits per heavy atom. The van der Waals surface area contributed by atoms with Crippen LogP contribution in [0.5, 0.6) is 5.75 Å². The molecule has 0 radical (unpaired) electrons. The highest BCUT2D eigenvalue weighted by molar-refractivity contribution is 5.77. The number of aryl methyl sites for hydroxylation is 1. The molecule has 5 heteroatoms. The second-order valence-corrected chi connectivity index (χ2v) is 6.45. The Morgan fingerprint density at radius 2 is 1.89 bits per heavy atom. The summed E-state index contributed by atoms with van der Waals surface area (Å²) in [5.41, 5.74) is 2.82. The van der Waals surface area contributed by atoms with E-state index >= 15 is 0 Å². The molecule has 0 unspecified atom stereocenters. The fraction of sp³-hybridized carbons (Fsp3) is 0.227. The average Bonchev–Trinajstić information content (AvgIpc) is 3.15. The van der Waals surface area contributed by atoms with Gasteiger partial charge in [-0.05, 0) is 60.9 Å². The Bertz CT molecular complexity index is 906. The van der Waals surface area contributed by atoms with Crippen molar-refractivity contribution in [3.05, 3.63) is 89.1 Å². The van der Waals surface area contributed by atoms with Crippen LogP contribution in [0.1, 0.15) is 22.5 Å². The minimum Gasteiger partial charge on any atom is -0.483 e. The number of hydrogen-bond acceptors (Lipinski definition) is 3. The third-order valence-corrected chi connectivity index (χ3v) is 4.45. The number of carbonyl (C=O) groups excluding carboxylic acids is 1. The Labute approximate surface area is 158 Å². The van der Waals surface area contributed by atoms with Crippen molar-refractivity contribution < 1.29 is 18.3 Å². The molecule has 0 aliphatic rings. The highest BCUT2D eigenvalue weighted by Crippen LogP contribution is 2.21. The van der Waals surface area contributed by atoms with E-state index in [1.165, 1.54) is 12.1 Å². The maximum Gasteiger partial charge on any atom is 0.261 e. The maximum atomic E-state index is 13.5. The third-order valence-electron chi connectivity index (χ3n) is 4.45. The molecular weight excluding hydrogens is 345 g/mol. The molecule has 0 saturated heterocycles. The largest absolute Gasteiger partial charge is 0.483 e. The monoisotopic (exact) mass is 367 g/mol. The first-order valence-corrected chi connectivity index (χ1v) is 8.76. The van der Waals surface area contributed by atoms with Crippen LogP contribution in [0.2, 0.25) is 0 Å². The predicted octanol–water partition coefficient (Wildman–Crippen LogP) is 4.64. The van der Waals surface area contributed by atoms with Crippen LogP contribution in [-0.2, 0) is 17.9 Å². The Hall–Kier alpha value is -3.08. The van der Waals surface area contributed by atoms with Crippen LogP contribution in [0, 0.1) is 19.7 Å². The van der Waals surface area contributed by atoms with E-state index in [1.807, 2.05) is 32.0 Å². The van der Waals surface area contributed by atoms with Gasteiger partial charge in [0, 0.05) is 6.54 Å². The molecule has 0 N–H and O–H groups in total. The fourth-order valence-corrected chi connectivity index (χ4v) is 2.79. The van der Waals surface area contributed by atoms with E-state index in [4.69, 9.17) is 9.15 Å². The Kier molecular flexibility index (Phi) is 5.91. The van der Waals surface area contributed by atoms with Crippen LogP contribution < -0.4 is 4.74 Å². The molecule has 0 fully saturated rings. The first-order chi connectivity index (χ1) is 13.0. The molecule has 27 heavy (non-hydrogen) atoms. The summed E-state index contributed by atoms with van der Waals surface area (Å²) in [5, 5.41) is 0. The Morgan fingerprint density at radius 1 is 1.07 bits per heavy atom. The number of hydrogen-bond donors (Lipinski definition) is 0. The molecule has 3 rings (SSSR count). The molecule has 0 saturated carbocycles. The summed E-state index contributed by atoms with van der Waals surface area (Å²) < 4.78 is 24.6. The standard InChI is InChI=1S/C22H22FNO3/c1-16-6-3-10-21(17(16)2)27-15-22(25)24(14-20-9-5-11-26-20)13-18-7-4-8-19(23)12-18/h3-12H,13-15H2,1-2H3. The van der Waals surface area contributed by atoms with E-state index in [2.05, 4.69) is 0 Å². The van der Waals surface area contributed by atoms with Gasteiger partial charge in [0.05, 0.1) is 12.8 Å². The molecule has 0 spiro atoms. The van der Waals surface area contributed by atoms with Gasteiger partial charge in [0.25, 0.3) is 5.91 Å². The second-order valence-electron chi connectivity index (χ2n) is 6.45. The molecule has 0 atom stereocenters. The topological polar surface area (TPSA) is 42.7 Å². The van der Waals surface area contributed by atoms with E-state index < -0.39 is 0 Å². The number of amides is 1. The van der Waals surface area contributed by atoms with E-state index in [-0.39, 0.29) is 24.9 Å². The van der Waals surface area contributed by atoms with E-state index in [0.29, 0.717) is 23.6 Å². The lowest BCUT2D eigenvalue weighted by molar-refractivity contribution is -0.134. The summed E-state index contributed by atoms with van der Waals surface area (Å²) in [5.74, 6) is 0.819. The smallest absolute Gasteiger partial charge is 0.261 e. The van der Waals surface area contributed by atoms with Crippen molar-refractivity contribution in [1.29, 1.82) is 0 Å². The van der Waals surface area contributed by atoms with E-state index in [9.17, 15) is 9.18 Å². The second kappa shape index (κ2) is 8.54. The zero-order valence-corrected chi connectivity index (χ0v) is 15.4. The lowest BCUT2D eigenvalue weighted by atomic mass is 10.1. The molecule has 0 bridgehead atoms. The van der Waals surface area contributed by atoms with Crippen molar-refractivity contribution in [2.24, 2.45) is 0 Å². The van der Waals surface area contributed by atoms with Gasteiger partial charge in [-0.15, -0.1) is 0 Å². The number of halogens is 1. The maximum absolute atomic E-state index is 13.5. The summed E-state index contributed by atoms with van der Waals surface area (Å²) in [6.07, 6.45) is 1.56. The van der Waals surface area contributed by atoms with Crippen LogP contribution in [0.15, 0.2) is 65.3 Å². The van der Waals surface area contributed by atoms with Crippen molar-refractivity contribution >= 4 is 5.91 Å². The summed E-state index contributed by atoms with van der Waals surface area (Å²) in [6.45, 7) is 4.42. The fourth-order valence-electron chi connectivity index (χ4n) is 2.79. The van der Waals surface area contributed by atoms with Gasteiger partial charge in [-0.1, -0.05) is 24.3 Å². The molecule has 0 aliphatic carbocycles. The quantitative estimate of drug-likeness (QED) is 0.611. The molecule has 4 nitrogen and oxygen atoms in total. The SMILES string of the molecule is Cc1cccc(OCC(=O)N(Cc2cccc(F)c2)Cc2ccco2)c1C. The predicted molar refractivity (Wildman–Crippen MR) is 101 cm³/mol. The lowest BCUT2D eigenvalue weighted by Crippen LogP contribution is -2.34. The van der Waals surface area contributed by atoms with Crippen molar-refractivity contribution in [3.8, 4) is 5.75 Å².